The highest BCUT2D eigenvalue weighted by Gasteiger charge is 2.45. The number of benzene rings is 1. The maximum atomic E-state index is 15.2. The summed E-state index contributed by atoms with van der Waals surface area (Å²) in [5.74, 6) is -2.85. The van der Waals surface area contributed by atoms with Crippen LogP contribution in [-0.4, -0.2) is 45.4 Å². The van der Waals surface area contributed by atoms with Gasteiger partial charge in [0.05, 0.1) is 47.1 Å². The van der Waals surface area contributed by atoms with E-state index in [4.69, 9.17) is 5.73 Å². The maximum absolute atomic E-state index is 15.2. The molecule has 0 bridgehead atoms. The van der Waals surface area contributed by atoms with E-state index in [1.165, 1.54) is 12.1 Å². The van der Waals surface area contributed by atoms with E-state index in [9.17, 15) is 19.0 Å². The number of piperidine rings is 1. The normalized spacial score (nSPS) is 23.0. The second-order valence-corrected chi connectivity index (χ2v) is 9.73. The monoisotopic (exact) mass is 499 g/mol. The highest BCUT2D eigenvalue weighted by atomic mass is 19.1. The van der Waals surface area contributed by atoms with Gasteiger partial charge in [-0.25, -0.2) is 18.2 Å². The van der Waals surface area contributed by atoms with Crippen LogP contribution in [-0.2, 0) is 12.1 Å². The summed E-state index contributed by atoms with van der Waals surface area (Å²) in [6.45, 7) is 3.14. The van der Waals surface area contributed by atoms with Crippen LogP contribution in [0.2, 0.25) is 0 Å². The second kappa shape index (κ2) is 9.34. The van der Waals surface area contributed by atoms with Gasteiger partial charge in [0, 0.05) is 36.8 Å². The Bertz CT molecular complexity index is 1270. The Balaban J connectivity index is 1.41. The highest BCUT2D eigenvalue weighted by molar-refractivity contribution is 5.69. The third kappa shape index (κ3) is 4.52. The summed E-state index contributed by atoms with van der Waals surface area (Å²) in [6, 6.07) is 6.21. The molecule has 10 heteroatoms. The van der Waals surface area contributed by atoms with Crippen LogP contribution in [0.15, 0.2) is 42.7 Å². The van der Waals surface area contributed by atoms with Crippen LogP contribution >= 0.6 is 0 Å². The molecule has 3 heterocycles. The predicted molar refractivity (Wildman–Crippen MR) is 130 cm³/mol. The first-order chi connectivity index (χ1) is 17.2. The third-order valence-electron chi connectivity index (χ3n) is 7.02. The van der Waals surface area contributed by atoms with Gasteiger partial charge in [-0.1, -0.05) is 13.0 Å². The van der Waals surface area contributed by atoms with Crippen LogP contribution in [0.1, 0.15) is 31.0 Å². The van der Waals surface area contributed by atoms with E-state index in [1.807, 2.05) is 13.0 Å². The smallest absolute Gasteiger partial charge is 0.149 e. The number of anilines is 2. The lowest BCUT2D eigenvalue weighted by Crippen LogP contribution is -2.55. The molecule has 0 amide bonds. The number of nitrogens with one attached hydrogen (secondary N) is 1. The number of aromatic nitrogens is 2. The fourth-order valence-corrected chi connectivity index (χ4v) is 4.77. The largest absolute Gasteiger partial charge is 0.391 e. The average Bonchev–Trinajstić information content (AvgIpc) is 3.60. The molecule has 0 radical (unpaired) electrons. The molecule has 5 N–H and O–H groups in total. The van der Waals surface area contributed by atoms with Gasteiger partial charge in [-0.15, -0.1) is 0 Å². The molecule has 3 unspecified atom stereocenters. The van der Waals surface area contributed by atoms with Crippen molar-refractivity contribution >= 4 is 11.4 Å². The van der Waals surface area contributed by atoms with E-state index in [0.29, 0.717) is 37.3 Å². The zero-order chi connectivity index (χ0) is 25.6. The minimum atomic E-state index is -1.34. The first-order valence-corrected chi connectivity index (χ1v) is 11.9. The van der Waals surface area contributed by atoms with Gasteiger partial charge >= 0.3 is 0 Å². The summed E-state index contributed by atoms with van der Waals surface area (Å²) in [4.78, 5) is 10.5. The van der Waals surface area contributed by atoms with Crippen molar-refractivity contribution in [3.05, 3.63) is 71.4 Å². The van der Waals surface area contributed by atoms with E-state index in [2.05, 4.69) is 20.2 Å². The van der Waals surface area contributed by atoms with Crippen LogP contribution in [0.5, 0.6) is 0 Å². The molecule has 3 aromatic rings. The molecular formula is C26H28F3N5O2. The Hall–Kier alpha value is -3.21. The standard InChI is InChI=1S/C26H28F3N5O2/c1-14-12-34(13-19(30)25(14)35)21-6-9-31-11-20(21)32-10-15-2-4-18(28)24(33-15)22-17(27)5-3-16(23(22)29)26(36)7-8-26/h2-6,9,11,14,19,25,32,35-36H,7-8,10,12-13,30H2,1H3. The molecule has 190 valence electrons. The molecule has 1 saturated heterocycles. The minimum absolute atomic E-state index is 0.0228. The highest BCUT2D eigenvalue weighted by Crippen LogP contribution is 2.48. The predicted octanol–water partition coefficient (Wildman–Crippen LogP) is 3.30. The number of pyridine rings is 2. The Morgan fingerprint density at radius 2 is 1.86 bits per heavy atom. The minimum Gasteiger partial charge on any atom is -0.391 e. The van der Waals surface area contributed by atoms with Gasteiger partial charge in [0.1, 0.15) is 23.1 Å². The molecule has 7 nitrogen and oxygen atoms in total. The van der Waals surface area contributed by atoms with Crippen molar-refractivity contribution in [1.82, 2.24) is 9.97 Å². The summed E-state index contributed by atoms with van der Waals surface area (Å²) >= 11 is 0. The summed E-state index contributed by atoms with van der Waals surface area (Å²) in [5, 5.41) is 23.8. The Kier molecular flexibility index (Phi) is 6.36. The fraction of sp³-hybridized carbons (Fsp3) is 0.385. The number of nitrogens with two attached hydrogens (primary N) is 1. The van der Waals surface area contributed by atoms with Gasteiger partial charge in [0.25, 0.3) is 0 Å². The molecule has 36 heavy (non-hydrogen) atoms. The van der Waals surface area contributed by atoms with Crippen molar-refractivity contribution < 1.29 is 23.4 Å². The van der Waals surface area contributed by atoms with E-state index in [1.54, 1.807) is 12.4 Å². The zero-order valence-electron chi connectivity index (χ0n) is 19.8. The zero-order valence-corrected chi connectivity index (χ0v) is 19.8. The van der Waals surface area contributed by atoms with Crippen LogP contribution in [0, 0.1) is 23.4 Å². The number of hydrogen-bond acceptors (Lipinski definition) is 7. The Morgan fingerprint density at radius 3 is 2.58 bits per heavy atom. The average molecular weight is 500 g/mol. The van der Waals surface area contributed by atoms with Gasteiger partial charge in [-0.2, -0.15) is 0 Å². The first-order valence-electron chi connectivity index (χ1n) is 11.9. The number of nitrogens with zero attached hydrogens (tertiary/aromatic N) is 3. The van der Waals surface area contributed by atoms with Crippen molar-refractivity contribution in [3.63, 3.8) is 0 Å². The van der Waals surface area contributed by atoms with Crippen LogP contribution in [0.4, 0.5) is 24.5 Å². The number of hydrogen-bond donors (Lipinski definition) is 4. The topological polar surface area (TPSA) is 108 Å². The molecule has 1 aliphatic heterocycles. The molecule has 2 fully saturated rings. The van der Waals surface area contributed by atoms with Gasteiger partial charge in [-0.05, 0) is 37.1 Å². The van der Waals surface area contributed by atoms with Crippen LogP contribution < -0.4 is 16.0 Å². The molecule has 0 spiro atoms. The fourth-order valence-electron chi connectivity index (χ4n) is 4.77. The molecule has 1 aromatic carbocycles. The van der Waals surface area contributed by atoms with Crippen molar-refractivity contribution in [2.45, 2.75) is 44.1 Å². The van der Waals surface area contributed by atoms with Gasteiger partial charge in [0.15, 0.2) is 0 Å². The first kappa shape index (κ1) is 24.5. The lowest BCUT2D eigenvalue weighted by molar-refractivity contribution is 0.0785. The summed E-state index contributed by atoms with van der Waals surface area (Å²) in [5.41, 5.74) is 5.54. The van der Waals surface area contributed by atoms with Crippen molar-refractivity contribution in [2.24, 2.45) is 11.7 Å². The van der Waals surface area contributed by atoms with Crippen molar-refractivity contribution in [1.29, 1.82) is 0 Å². The second-order valence-electron chi connectivity index (χ2n) is 9.73. The van der Waals surface area contributed by atoms with Gasteiger partial charge in [-0.3, -0.25) is 4.98 Å². The summed E-state index contributed by atoms with van der Waals surface area (Å²) in [7, 11) is 0. The molecule has 2 aliphatic rings. The quantitative estimate of drug-likeness (QED) is 0.412. The van der Waals surface area contributed by atoms with E-state index in [0.717, 1.165) is 17.8 Å². The van der Waals surface area contributed by atoms with Crippen LogP contribution in [0.3, 0.4) is 0 Å². The molecular weight excluding hydrogens is 471 g/mol. The van der Waals surface area contributed by atoms with E-state index < -0.39 is 46.5 Å². The Morgan fingerprint density at radius 1 is 1.11 bits per heavy atom. The Labute approximate surface area is 206 Å². The van der Waals surface area contributed by atoms with Crippen molar-refractivity contribution in [3.8, 4) is 11.3 Å². The molecule has 1 saturated carbocycles. The van der Waals surface area contributed by atoms with Crippen LogP contribution in [0.25, 0.3) is 11.3 Å². The SMILES string of the molecule is CC1CN(c2ccncc2NCc2ccc(F)c(-c3c(F)ccc(C4(O)CC4)c3F)n2)CC(N)C1O. The van der Waals surface area contributed by atoms with Gasteiger partial charge in [0.2, 0.25) is 0 Å². The number of aliphatic hydroxyl groups excluding tert-OH is 1. The molecule has 3 atom stereocenters. The van der Waals surface area contributed by atoms with E-state index >= 15 is 4.39 Å². The molecule has 1 aliphatic carbocycles. The number of halogens is 3. The van der Waals surface area contributed by atoms with Crippen molar-refractivity contribution in [2.75, 3.05) is 23.3 Å². The maximum Gasteiger partial charge on any atom is 0.149 e. The molecule has 2 aromatic heterocycles. The van der Waals surface area contributed by atoms with E-state index in [-0.39, 0.29) is 18.0 Å². The van der Waals surface area contributed by atoms with Gasteiger partial charge < -0.3 is 26.2 Å². The number of aliphatic hydroxyl groups is 2. The number of rotatable bonds is 6. The molecule has 5 rings (SSSR count). The summed E-state index contributed by atoms with van der Waals surface area (Å²) in [6.07, 6.45) is 3.44. The summed E-state index contributed by atoms with van der Waals surface area (Å²) < 4.78 is 44.6. The lowest BCUT2D eigenvalue weighted by atomic mass is 9.92. The third-order valence-corrected chi connectivity index (χ3v) is 7.02. The lowest BCUT2D eigenvalue weighted by Gasteiger charge is -2.40.